The Labute approximate surface area is 108 Å². The number of anilines is 2. The van der Waals surface area contributed by atoms with Crippen LogP contribution in [-0.2, 0) is 11.2 Å². The van der Waals surface area contributed by atoms with Gasteiger partial charge in [-0.3, -0.25) is 4.79 Å². The maximum absolute atomic E-state index is 11.7. The number of carbonyl (C=O) groups is 1. The zero-order valence-corrected chi connectivity index (χ0v) is 10.2. The van der Waals surface area contributed by atoms with E-state index < -0.39 is 0 Å². The SMILES string of the molecule is N#Cc1ccc(NC(=O)Cc2csc(N)n2)cc1. The van der Waals surface area contributed by atoms with Gasteiger partial charge in [-0.2, -0.15) is 5.26 Å². The van der Waals surface area contributed by atoms with Crippen LogP contribution in [0.4, 0.5) is 10.8 Å². The zero-order valence-electron chi connectivity index (χ0n) is 9.38. The van der Waals surface area contributed by atoms with Crippen LogP contribution in [0.25, 0.3) is 0 Å². The van der Waals surface area contributed by atoms with Crippen LogP contribution < -0.4 is 11.1 Å². The molecule has 1 aromatic carbocycles. The molecule has 5 nitrogen and oxygen atoms in total. The van der Waals surface area contributed by atoms with Crippen LogP contribution in [0.2, 0.25) is 0 Å². The second-order valence-corrected chi connectivity index (χ2v) is 4.48. The van der Waals surface area contributed by atoms with Crippen molar-refractivity contribution in [2.75, 3.05) is 11.1 Å². The molecule has 1 heterocycles. The van der Waals surface area contributed by atoms with E-state index in [1.54, 1.807) is 29.6 Å². The van der Waals surface area contributed by atoms with Crippen molar-refractivity contribution in [1.82, 2.24) is 4.98 Å². The van der Waals surface area contributed by atoms with Crippen molar-refractivity contribution in [3.05, 3.63) is 40.9 Å². The fourth-order valence-corrected chi connectivity index (χ4v) is 1.96. The minimum atomic E-state index is -0.162. The van der Waals surface area contributed by atoms with Crippen LogP contribution >= 0.6 is 11.3 Å². The van der Waals surface area contributed by atoms with E-state index in [0.717, 1.165) is 0 Å². The van der Waals surface area contributed by atoms with Gasteiger partial charge < -0.3 is 11.1 Å². The highest BCUT2D eigenvalue weighted by atomic mass is 32.1. The predicted molar refractivity (Wildman–Crippen MR) is 70.0 cm³/mol. The van der Waals surface area contributed by atoms with Crippen molar-refractivity contribution in [3.8, 4) is 6.07 Å². The van der Waals surface area contributed by atoms with Crippen molar-refractivity contribution >= 4 is 28.1 Å². The molecule has 90 valence electrons. The Bertz CT molecular complexity index is 597. The van der Waals surface area contributed by atoms with Crippen LogP contribution in [0.3, 0.4) is 0 Å². The molecule has 0 atom stereocenters. The van der Waals surface area contributed by atoms with Crippen molar-refractivity contribution in [2.24, 2.45) is 0 Å². The monoisotopic (exact) mass is 258 g/mol. The molecule has 0 aliphatic heterocycles. The number of hydrogen-bond donors (Lipinski definition) is 2. The molecular formula is C12H10N4OS. The maximum Gasteiger partial charge on any atom is 0.230 e. The Hall–Kier alpha value is -2.39. The van der Waals surface area contributed by atoms with E-state index in [0.29, 0.717) is 22.1 Å². The number of thiazole rings is 1. The van der Waals surface area contributed by atoms with Crippen LogP contribution in [0.5, 0.6) is 0 Å². The molecule has 18 heavy (non-hydrogen) atoms. The third-order valence-electron chi connectivity index (χ3n) is 2.21. The van der Waals surface area contributed by atoms with Gasteiger partial charge >= 0.3 is 0 Å². The quantitative estimate of drug-likeness (QED) is 0.877. The van der Waals surface area contributed by atoms with Crippen molar-refractivity contribution in [2.45, 2.75) is 6.42 Å². The number of aromatic nitrogens is 1. The van der Waals surface area contributed by atoms with Gasteiger partial charge in [0.15, 0.2) is 5.13 Å². The standard InChI is InChI=1S/C12H10N4OS/c13-6-8-1-3-9(4-2-8)15-11(17)5-10-7-18-12(14)16-10/h1-4,7H,5H2,(H2,14,16)(H,15,17). The molecule has 0 radical (unpaired) electrons. The number of nitriles is 1. The fourth-order valence-electron chi connectivity index (χ4n) is 1.40. The van der Waals surface area contributed by atoms with Gasteiger partial charge in [0.2, 0.25) is 5.91 Å². The molecule has 1 amide bonds. The van der Waals surface area contributed by atoms with Crippen LogP contribution in [0.1, 0.15) is 11.3 Å². The third-order valence-corrected chi connectivity index (χ3v) is 2.93. The summed E-state index contributed by atoms with van der Waals surface area (Å²) in [6, 6.07) is 8.69. The number of nitrogens with zero attached hydrogens (tertiary/aromatic N) is 2. The number of carbonyl (C=O) groups excluding carboxylic acids is 1. The lowest BCUT2D eigenvalue weighted by atomic mass is 10.2. The molecule has 0 fully saturated rings. The van der Waals surface area contributed by atoms with Gasteiger partial charge in [-0.1, -0.05) is 0 Å². The number of nitrogen functional groups attached to an aromatic ring is 1. The number of hydrogen-bond acceptors (Lipinski definition) is 5. The summed E-state index contributed by atoms with van der Waals surface area (Å²) >= 11 is 1.31. The molecule has 0 bridgehead atoms. The second kappa shape index (κ2) is 5.29. The average Bonchev–Trinajstić information content (AvgIpc) is 2.75. The smallest absolute Gasteiger partial charge is 0.230 e. The lowest BCUT2D eigenvalue weighted by Crippen LogP contribution is -2.14. The topological polar surface area (TPSA) is 91.8 Å². The first-order chi connectivity index (χ1) is 8.67. The number of amides is 1. The molecular weight excluding hydrogens is 248 g/mol. The summed E-state index contributed by atoms with van der Waals surface area (Å²) in [5, 5.41) is 13.6. The van der Waals surface area contributed by atoms with E-state index in [9.17, 15) is 4.79 Å². The summed E-state index contributed by atoms with van der Waals surface area (Å²) in [4.78, 5) is 15.7. The number of benzene rings is 1. The highest BCUT2D eigenvalue weighted by Crippen LogP contribution is 2.13. The summed E-state index contributed by atoms with van der Waals surface area (Å²) < 4.78 is 0. The molecule has 0 spiro atoms. The molecule has 6 heteroatoms. The molecule has 2 rings (SSSR count). The molecule has 1 aromatic heterocycles. The van der Waals surface area contributed by atoms with E-state index in [1.807, 2.05) is 6.07 Å². The van der Waals surface area contributed by atoms with Gasteiger partial charge in [-0.05, 0) is 24.3 Å². The minimum Gasteiger partial charge on any atom is -0.375 e. The van der Waals surface area contributed by atoms with Gasteiger partial charge in [0.1, 0.15) is 0 Å². The lowest BCUT2D eigenvalue weighted by molar-refractivity contribution is -0.115. The van der Waals surface area contributed by atoms with E-state index in [4.69, 9.17) is 11.0 Å². The molecule has 3 N–H and O–H groups in total. The Morgan fingerprint density at radius 3 is 2.72 bits per heavy atom. The number of nitrogens with one attached hydrogen (secondary N) is 1. The molecule has 0 aliphatic carbocycles. The largest absolute Gasteiger partial charge is 0.375 e. The molecule has 0 aliphatic rings. The van der Waals surface area contributed by atoms with Gasteiger partial charge in [-0.15, -0.1) is 11.3 Å². The minimum absolute atomic E-state index is 0.162. The van der Waals surface area contributed by atoms with Crippen LogP contribution in [0.15, 0.2) is 29.6 Å². The second-order valence-electron chi connectivity index (χ2n) is 3.59. The van der Waals surface area contributed by atoms with Crippen LogP contribution in [-0.4, -0.2) is 10.9 Å². The van der Waals surface area contributed by atoms with E-state index in [2.05, 4.69) is 10.3 Å². The Kier molecular flexibility index (Phi) is 3.55. The number of rotatable bonds is 3. The third kappa shape index (κ3) is 3.06. The van der Waals surface area contributed by atoms with Crippen LogP contribution in [0, 0.1) is 11.3 Å². The van der Waals surface area contributed by atoms with E-state index >= 15 is 0 Å². The molecule has 0 saturated heterocycles. The first-order valence-corrected chi connectivity index (χ1v) is 6.05. The van der Waals surface area contributed by atoms with Gasteiger partial charge in [0.05, 0.1) is 23.7 Å². The normalized spacial score (nSPS) is 9.72. The van der Waals surface area contributed by atoms with Crippen molar-refractivity contribution in [1.29, 1.82) is 5.26 Å². The van der Waals surface area contributed by atoms with Crippen molar-refractivity contribution < 1.29 is 4.79 Å². The highest BCUT2D eigenvalue weighted by molar-refractivity contribution is 7.13. The summed E-state index contributed by atoms with van der Waals surface area (Å²) in [7, 11) is 0. The van der Waals surface area contributed by atoms with Gasteiger partial charge in [-0.25, -0.2) is 4.98 Å². The zero-order chi connectivity index (χ0) is 13.0. The summed E-state index contributed by atoms with van der Waals surface area (Å²) in [5.74, 6) is -0.162. The lowest BCUT2D eigenvalue weighted by Gasteiger charge is -2.03. The average molecular weight is 258 g/mol. The molecule has 0 unspecified atom stereocenters. The highest BCUT2D eigenvalue weighted by Gasteiger charge is 2.07. The first-order valence-electron chi connectivity index (χ1n) is 5.17. The Morgan fingerprint density at radius 2 is 2.17 bits per heavy atom. The summed E-state index contributed by atoms with van der Waals surface area (Å²) in [6.45, 7) is 0. The van der Waals surface area contributed by atoms with Gasteiger partial charge in [0, 0.05) is 11.1 Å². The molecule has 2 aromatic rings. The Morgan fingerprint density at radius 1 is 1.44 bits per heavy atom. The summed E-state index contributed by atoms with van der Waals surface area (Å²) in [5.41, 5.74) is 7.35. The first kappa shape index (κ1) is 12.1. The molecule has 0 saturated carbocycles. The van der Waals surface area contributed by atoms with Gasteiger partial charge in [0.25, 0.3) is 0 Å². The maximum atomic E-state index is 11.7. The van der Waals surface area contributed by atoms with E-state index in [1.165, 1.54) is 11.3 Å². The Balaban J connectivity index is 1.96. The summed E-state index contributed by atoms with van der Waals surface area (Å²) in [6.07, 6.45) is 0.188. The van der Waals surface area contributed by atoms with E-state index in [-0.39, 0.29) is 12.3 Å². The van der Waals surface area contributed by atoms with Crippen molar-refractivity contribution in [3.63, 3.8) is 0 Å². The fraction of sp³-hybridized carbons (Fsp3) is 0.0833. The number of nitrogens with two attached hydrogens (primary N) is 1. The predicted octanol–water partition coefficient (Wildman–Crippen LogP) is 1.78.